The highest BCUT2D eigenvalue weighted by molar-refractivity contribution is 5.27. The topological polar surface area (TPSA) is 68.2 Å². The summed E-state index contributed by atoms with van der Waals surface area (Å²) in [4.78, 5) is 0. The van der Waals surface area contributed by atoms with Gasteiger partial charge in [0.2, 0.25) is 0 Å². The number of aliphatic hydroxyl groups excluding tert-OH is 2. The van der Waals surface area contributed by atoms with Crippen LogP contribution in [0, 0.1) is 92.7 Å². The maximum atomic E-state index is 11.0. The van der Waals surface area contributed by atoms with E-state index in [4.69, 9.17) is 14.2 Å². The van der Waals surface area contributed by atoms with Crippen molar-refractivity contribution in [3.8, 4) is 0 Å². The smallest absolute Gasteiger partial charge is 0.178 e. The van der Waals surface area contributed by atoms with Gasteiger partial charge in [-0.1, -0.05) is 131 Å². The lowest BCUT2D eigenvalue weighted by molar-refractivity contribution is -0.206. The van der Waals surface area contributed by atoms with Crippen molar-refractivity contribution < 1.29 is 24.4 Å². The third kappa shape index (κ3) is 9.66. The van der Waals surface area contributed by atoms with Gasteiger partial charge in [-0.2, -0.15) is 0 Å². The van der Waals surface area contributed by atoms with Gasteiger partial charge in [0, 0.05) is 0 Å². The van der Waals surface area contributed by atoms with Crippen molar-refractivity contribution in [1.82, 2.24) is 0 Å². The average Bonchev–Trinajstić information content (AvgIpc) is 3.77. The molecule has 0 aromatic carbocycles. The molecule has 5 nitrogen and oxygen atoms in total. The largest absolute Gasteiger partial charge is 0.371 e. The van der Waals surface area contributed by atoms with Crippen LogP contribution < -0.4 is 0 Å². The first-order chi connectivity index (χ1) is 30.0. The zero-order valence-corrected chi connectivity index (χ0v) is 42.5. The number of hydrogen-bond acceptors (Lipinski definition) is 5. The quantitative estimate of drug-likeness (QED) is 0.106. The summed E-state index contributed by atoms with van der Waals surface area (Å²) in [5.41, 5.74) is 4.75. The van der Waals surface area contributed by atoms with Crippen molar-refractivity contribution in [2.75, 3.05) is 13.2 Å². The van der Waals surface area contributed by atoms with Crippen molar-refractivity contribution >= 4 is 0 Å². The highest BCUT2D eigenvalue weighted by Gasteiger charge is 2.61. The van der Waals surface area contributed by atoms with Crippen molar-refractivity contribution in [3.63, 3.8) is 0 Å². The Kier molecular flexibility index (Phi) is 15.2. The van der Waals surface area contributed by atoms with Crippen LogP contribution in [0.4, 0.5) is 0 Å². The maximum absolute atomic E-state index is 11.0. The second-order valence-corrected chi connectivity index (χ2v) is 26.0. The van der Waals surface area contributed by atoms with Crippen molar-refractivity contribution in [2.45, 2.75) is 235 Å². The lowest BCUT2D eigenvalue weighted by Gasteiger charge is -2.58. The third-order valence-corrected chi connectivity index (χ3v) is 21.7. The van der Waals surface area contributed by atoms with Crippen LogP contribution in [-0.2, 0) is 14.2 Å². The van der Waals surface area contributed by atoms with E-state index in [9.17, 15) is 10.2 Å². The first-order valence-electron chi connectivity index (χ1n) is 27.6. The Hall–Kier alpha value is -0.720. The summed E-state index contributed by atoms with van der Waals surface area (Å²) in [5.74, 6) is 10.1. The molecule has 10 unspecified atom stereocenters. The van der Waals surface area contributed by atoms with Crippen LogP contribution in [0.2, 0.25) is 0 Å². The van der Waals surface area contributed by atoms with Gasteiger partial charge < -0.3 is 24.4 Å². The summed E-state index contributed by atoms with van der Waals surface area (Å²) >= 11 is 0. The van der Waals surface area contributed by atoms with Gasteiger partial charge in [-0.05, 0) is 195 Å². The second-order valence-electron chi connectivity index (χ2n) is 26.0. The van der Waals surface area contributed by atoms with E-state index in [1.807, 2.05) is 0 Å². The van der Waals surface area contributed by atoms with Gasteiger partial charge in [-0.25, -0.2) is 0 Å². The molecule has 6 fully saturated rings. The van der Waals surface area contributed by atoms with E-state index >= 15 is 0 Å². The Balaban J connectivity index is 0.766. The predicted octanol–water partition coefficient (Wildman–Crippen LogP) is 14.5. The molecule has 18 atom stereocenters. The summed E-state index contributed by atoms with van der Waals surface area (Å²) in [6.45, 7) is 25.3. The summed E-state index contributed by atoms with van der Waals surface area (Å²) in [6, 6.07) is 0. The first kappa shape index (κ1) is 48.7. The van der Waals surface area contributed by atoms with E-state index in [0.29, 0.717) is 10.8 Å². The Labute approximate surface area is 387 Å². The second kappa shape index (κ2) is 19.7. The van der Waals surface area contributed by atoms with Gasteiger partial charge in [-0.3, -0.25) is 0 Å². The molecule has 360 valence electrons. The molecule has 0 aromatic rings. The first-order valence-corrected chi connectivity index (χ1v) is 27.6. The van der Waals surface area contributed by atoms with Gasteiger partial charge in [0.25, 0.3) is 0 Å². The van der Waals surface area contributed by atoms with E-state index in [-0.39, 0.29) is 36.3 Å². The molecule has 0 radical (unpaired) electrons. The summed E-state index contributed by atoms with van der Waals surface area (Å²) in [5, 5.41) is 22.0. The van der Waals surface area contributed by atoms with Gasteiger partial charge in [0.05, 0.1) is 25.4 Å². The third-order valence-electron chi connectivity index (χ3n) is 21.7. The molecular formula is C58H98O5. The number of fused-ring (bicyclic) bond motifs is 10. The average molecular weight is 875 g/mol. The summed E-state index contributed by atoms with van der Waals surface area (Å²) < 4.78 is 18.4. The molecule has 8 rings (SSSR count). The van der Waals surface area contributed by atoms with E-state index in [1.54, 1.807) is 11.1 Å². The van der Waals surface area contributed by atoms with E-state index in [0.717, 1.165) is 110 Å². The monoisotopic (exact) mass is 875 g/mol. The molecule has 0 aliphatic heterocycles. The fourth-order valence-electron chi connectivity index (χ4n) is 18.3. The molecule has 0 bridgehead atoms. The van der Waals surface area contributed by atoms with Crippen LogP contribution >= 0.6 is 0 Å². The Morgan fingerprint density at radius 1 is 0.524 bits per heavy atom. The fourth-order valence-corrected chi connectivity index (χ4v) is 18.3. The molecule has 0 saturated heterocycles. The number of hydrogen-bond donors (Lipinski definition) is 2. The highest BCUT2D eigenvalue weighted by atomic mass is 16.7. The Morgan fingerprint density at radius 3 is 1.33 bits per heavy atom. The molecule has 0 heterocycles. The Bertz CT molecular complexity index is 1470. The van der Waals surface area contributed by atoms with Crippen molar-refractivity contribution in [1.29, 1.82) is 0 Å². The minimum atomic E-state index is -0.992. The lowest BCUT2D eigenvalue weighted by Crippen LogP contribution is -2.51. The van der Waals surface area contributed by atoms with Crippen LogP contribution in [0.1, 0.15) is 210 Å². The van der Waals surface area contributed by atoms with Gasteiger partial charge in [0.1, 0.15) is 0 Å². The molecule has 63 heavy (non-hydrogen) atoms. The summed E-state index contributed by atoms with van der Waals surface area (Å²) in [7, 11) is 0. The molecule has 8 aliphatic rings. The zero-order valence-electron chi connectivity index (χ0n) is 42.5. The Morgan fingerprint density at radius 2 is 0.937 bits per heavy atom. The molecular weight excluding hydrogens is 777 g/mol. The number of aliphatic hydroxyl groups is 2. The minimum Gasteiger partial charge on any atom is -0.371 e. The predicted molar refractivity (Wildman–Crippen MR) is 259 cm³/mol. The normalized spacial score (nSPS) is 44.0. The van der Waals surface area contributed by atoms with Crippen LogP contribution in [0.5, 0.6) is 0 Å². The lowest BCUT2D eigenvalue weighted by atomic mass is 9.47. The fraction of sp³-hybridized carbons (Fsp3) is 0.931. The van der Waals surface area contributed by atoms with Crippen molar-refractivity contribution in [3.05, 3.63) is 23.3 Å². The summed E-state index contributed by atoms with van der Waals surface area (Å²) in [6.07, 6.45) is 31.6. The van der Waals surface area contributed by atoms with Crippen LogP contribution in [-0.4, -0.2) is 48.2 Å². The van der Waals surface area contributed by atoms with Crippen LogP contribution in [0.25, 0.3) is 0 Å². The highest BCUT2D eigenvalue weighted by Crippen LogP contribution is 2.69. The zero-order chi connectivity index (χ0) is 44.9. The van der Waals surface area contributed by atoms with Gasteiger partial charge in [0.15, 0.2) is 12.6 Å². The van der Waals surface area contributed by atoms with Crippen LogP contribution in [0.3, 0.4) is 0 Å². The minimum absolute atomic E-state index is 0.0214. The molecule has 2 N–H and O–H groups in total. The SMILES string of the molecule is CC(C)CCC[C@@H](C)[C@H]1CCC2C3CC=C4CC(OC(O)COCC(O)OC5CC[C@@]6(C)C(=CCC7C6CC[C@@]6(C)C7CC[C@@H]6[C@H](C)CCCC(C)C)C5)CC[C@]4(C)C3CC[C@@]21C. The van der Waals surface area contributed by atoms with Gasteiger partial charge >= 0.3 is 0 Å². The molecule has 0 amide bonds. The van der Waals surface area contributed by atoms with Crippen LogP contribution in [0.15, 0.2) is 23.3 Å². The van der Waals surface area contributed by atoms with E-state index < -0.39 is 12.6 Å². The number of rotatable bonds is 18. The van der Waals surface area contributed by atoms with Crippen molar-refractivity contribution in [2.24, 2.45) is 92.7 Å². The molecule has 0 aromatic heterocycles. The van der Waals surface area contributed by atoms with Gasteiger partial charge in [-0.15, -0.1) is 0 Å². The standard InChI is InChI=1S/C58H98O5/c1-37(2)13-11-15-39(5)47-21-23-49-45-19-17-41-33-43(25-29-55(41,7)51(45)27-31-57(47,49)9)62-53(59)35-61-36-54(60)63-44-26-30-56(8)42(34-44)18-20-46-50-24-22-48(40(6)16-12-14-38(3)4)58(50,10)32-28-52(46)56/h17-18,37-40,43-54,59-60H,11-16,19-36H2,1-10H3/t39-,40-,43?,44?,45?,46?,47-,48-,49?,50?,51?,52?,53?,54?,55+,56+,57-,58-/m1/s1. The maximum Gasteiger partial charge on any atom is 0.178 e. The molecule has 5 heteroatoms. The number of ether oxygens (including phenoxy) is 3. The van der Waals surface area contributed by atoms with E-state index in [1.165, 1.54) is 103 Å². The molecule has 6 saturated carbocycles. The van der Waals surface area contributed by atoms with E-state index in [2.05, 4.69) is 81.4 Å². The molecule has 8 aliphatic carbocycles. The number of allylic oxidation sites excluding steroid dienone is 2. The molecule has 0 spiro atoms.